The van der Waals surface area contributed by atoms with Crippen LogP contribution in [0.3, 0.4) is 0 Å². The summed E-state index contributed by atoms with van der Waals surface area (Å²) in [5.41, 5.74) is 3.49. The molecule has 25 heavy (non-hydrogen) atoms. The molecule has 0 saturated heterocycles. The lowest BCUT2D eigenvalue weighted by Crippen LogP contribution is -2.14. The molecule has 126 valence electrons. The lowest BCUT2D eigenvalue weighted by atomic mass is 10.0. The van der Waals surface area contributed by atoms with Crippen LogP contribution in [-0.2, 0) is 11.2 Å². The molecule has 0 spiro atoms. The fourth-order valence-corrected chi connectivity index (χ4v) is 4.28. The number of anilines is 1. The van der Waals surface area contributed by atoms with Gasteiger partial charge in [-0.2, -0.15) is 0 Å². The van der Waals surface area contributed by atoms with E-state index in [4.69, 9.17) is 4.52 Å². The van der Waals surface area contributed by atoms with Crippen LogP contribution in [0.2, 0.25) is 0 Å². The van der Waals surface area contributed by atoms with E-state index in [9.17, 15) is 4.79 Å². The van der Waals surface area contributed by atoms with Crippen LogP contribution in [-0.4, -0.2) is 21.3 Å². The van der Waals surface area contributed by atoms with Crippen molar-refractivity contribution < 1.29 is 9.32 Å². The molecule has 0 radical (unpaired) electrons. The predicted octanol–water partition coefficient (Wildman–Crippen LogP) is 4.21. The normalized spacial score (nSPS) is 11.1. The largest absolute Gasteiger partial charge is 0.356 e. The van der Waals surface area contributed by atoms with Crippen molar-refractivity contribution in [3.05, 3.63) is 46.5 Å². The Labute approximate surface area is 151 Å². The lowest BCUT2D eigenvalue weighted by molar-refractivity contribution is -0.115. The van der Waals surface area contributed by atoms with E-state index in [1.54, 1.807) is 11.3 Å². The Hall–Kier alpha value is -2.58. The summed E-state index contributed by atoms with van der Waals surface area (Å²) in [6, 6.07) is 7.91. The number of aromatic nitrogens is 3. The van der Waals surface area contributed by atoms with Crippen molar-refractivity contribution in [2.45, 2.75) is 20.3 Å². The van der Waals surface area contributed by atoms with Crippen molar-refractivity contribution in [1.82, 2.24) is 15.4 Å². The Morgan fingerprint density at radius 3 is 2.96 bits per heavy atom. The zero-order chi connectivity index (χ0) is 17.4. The van der Waals surface area contributed by atoms with Gasteiger partial charge in [0, 0.05) is 5.39 Å². The molecule has 0 aliphatic rings. The molecule has 8 heteroatoms. The summed E-state index contributed by atoms with van der Waals surface area (Å²) in [5, 5.41) is 19.1. The number of benzene rings is 1. The number of rotatable bonds is 4. The van der Waals surface area contributed by atoms with E-state index in [1.165, 1.54) is 11.3 Å². The number of carbonyl (C=O) groups is 1. The molecule has 3 aromatic heterocycles. The van der Waals surface area contributed by atoms with Crippen molar-refractivity contribution >= 4 is 44.7 Å². The Kier molecular flexibility index (Phi) is 4.06. The number of thiophene rings is 1. The highest BCUT2D eigenvalue weighted by Crippen LogP contribution is 2.30. The van der Waals surface area contributed by atoms with E-state index < -0.39 is 0 Å². The molecule has 0 bridgehead atoms. The third-order valence-corrected chi connectivity index (χ3v) is 5.60. The smallest absolute Gasteiger partial charge is 0.232 e. The number of aryl methyl sites for hydroxylation is 2. The van der Waals surface area contributed by atoms with Crippen molar-refractivity contribution in [1.29, 1.82) is 0 Å². The average Bonchev–Trinajstić information content (AvgIpc) is 3.27. The van der Waals surface area contributed by atoms with Crippen molar-refractivity contribution in [2.24, 2.45) is 0 Å². The number of carbonyl (C=O) groups excluding carboxylic acids is 1. The zero-order valence-corrected chi connectivity index (χ0v) is 15.2. The molecular weight excluding hydrogens is 356 g/mol. The molecule has 1 N–H and O–H groups in total. The average molecular weight is 370 g/mol. The van der Waals surface area contributed by atoms with Gasteiger partial charge in [0.1, 0.15) is 5.69 Å². The highest BCUT2D eigenvalue weighted by atomic mass is 32.1. The topological polar surface area (TPSA) is 80.9 Å². The van der Waals surface area contributed by atoms with Gasteiger partial charge in [-0.25, -0.2) is 0 Å². The van der Waals surface area contributed by atoms with E-state index in [-0.39, 0.29) is 12.3 Å². The quantitative estimate of drug-likeness (QED) is 0.582. The Morgan fingerprint density at radius 2 is 2.16 bits per heavy atom. The van der Waals surface area contributed by atoms with Crippen LogP contribution in [0.4, 0.5) is 5.13 Å². The van der Waals surface area contributed by atoms with E-state index in [1.807, 2.05) is 37.4 Å². The van der Waals surface area contributed by atoms with Crippen molar-refractivity contribution in [3.8, 4) is 9.88 Å². The summed E-state index contributed by atoms with van der Waals surface area (Å²) in [6.45, 7) is 3.99. The molecule has 6 nitrogen and oxygen atoms in total. The molecule has 0 atom stereocenters. The Bertz CT molecular complexity index is 1050. The summed E-state index contributed by atoms with van der Waals surface area (Å²) in [4.78, 5) is 13.4. The lowest BCUT2D eigenvalue weighted by Gasteiger charge is -2.01. The standard InChI is InChI=1S/C17H14N4O2S2/c1-9-6-10(2)15-11(21-23-12(15)7-9)8-14(22)18-17-20-19-16(25-17)13-4-3-5-24-13/h3-7H,8H2,1-2H3,(H,18,20,22). The second-order valence-electron chi connectivity index (χ2n) is 5.70. The Morgan fingerprint density at radius 1 is 1.28 bits per heavy atom. The highest BCUT2D eigenvalue weighted by Gasteiger charge is 2.16. The first-order chi connectivity index (χ1) is 12.1. The summed E-state index contributed by atoms with van der Waals surface area (Å²) >= 11 is 2.94. The summed E-state index contributed by atoms with van der Waals surface area (Å²) in [7, 11) is 0. The van der Waals surface area contributed by atoms with E-state index >= 15 is 0 Å². The summed E-state index contributed by atoms with van der Waals surface area (Å²) < 4.78 is 5.36. The van der Waals surface area contributed by atoms with Gasteiger partial charge in [-0.3, -0.25) is 4.79 Å². The van der Waals surface area contributed by atoms with Crippen LogP contribution in [0.25, 0.3) is 20.9 Å². The summed E-state index contributed by atoms with van der Waals surface area (Å²) in [6.07, 6.45) is 0.130. The fourth-order valence-electron chi connectivity index (χ4n) is 2.73. The van der Waals surface area contributed by atoms with Crippen LogP contribution >= 0.6 is 22.7 Å². The third-order valence-electron chi connectivity index (χ3n) is 3.72. The maximum atomic E-state index is 12.3. The number of hydrogen-bond acceptors (Lipinski definition) is 7. The van der Waals surface area contributed by atoms with Gasteiger partial charge in [0.05, 0.1) is 11.3 Å². The maximum Gasteiger partial charge on any atom is 0.232 e. The van der Waals surface area contributed by atoms with Crippen LogP contribution in [0, 0.1) is 13.8 Å². The van der Waals surface area contributed by atoms with E-state index in [0.29, 0.717) is 16.4 Å². The summed E-state index contributed by atoms with van der Waals surface area (Å²) in [5.74, 6) is -0.191. The number of hydrogen-bond donors (Lipinski definition) is 1. The number of nitrogens with zero attached hydrogens (tertiary/aromatic N) is 3. The second kappa shape index (κ2) is 6.38. The molecular formula is C17H14N4O2S2. The van der Waals surface area contributed by atoms with Crippen LogP contribution in [0.15, 0.2) is 34.2 Å². The molecule has 0 unspecified atom stereocenters. The van der Waals surface area contributed by atoms with E-state index in [2.05, 4.69) is 26.7 Å². The molecule has 0 fully saturated rings. The van der Waals surface area contributed by atoms with Gasteiger partial charge in [-0.1, -0.05) is 28.6 Å². The van der Waals surface area contributed by atoms with Gasteiger partial charge in [-0.15, -0.1) is 21.5 Å². The Balaban J connectivity index is 1.51. The van der Waals surface area contributed by atoms with Crippen molar-refractivity contribution in [3.63, 3.8) is 0 Å². The monoisotopic (exact) mass is 370 g/mol. The van der Waals surface area contributed by atoms with Crippen LogP contribution < -0.4 is 5.32 Å². The number of amides is 1. The molecule has 0 aliphatic carbocycles. The minimum absolute atomic E-state index is 0.130. The first-order valence-electron chi connectivity index (χ1n) is 7.63. The minimum Gasteiger partial charge on any atom is -0.356 e. The molecule has 1 amide bonds. The van der Waals surface area contributed by atoms with Crippen LogP contribution in [0.1, 0.15) is 16.8 Å². The molecule has 0 saturated carbocycles. The van der Waals surface area contributed by atoms with Crippen molar-refractivity contribution in [2.75, 3.05) is 5.32 Å². The fraction of sp³-hybridized carbons (Fsp3) is 0.176. The second-order valence-corrected chi connectivity index (χ2v) is 7.62. The molecule has 4 aromatic rings. The first-order valence-corrected chi connectivity index (χ1v) is 9.32. The third kappa shape index (κ3) is 3.18. The molecule has 1 aromatic carbocycles. The van der Waals surface area contributed by atoms with Gasteiger partial charge in [0.2, 0.25) is 11.0 Å². The zero-order valence-electron chi connectivity index (χ0n) is 13.6. The van der Waals surface area contributed by atoms with E-state index in [0.717, 1.165) is 26.4 Å². The van der Waals surface area contributed by atoms with Gasteiger partial charge < -0.3 is 9.84 Å². The van der Waals surface area contributed by atoms with Gasteiger partial charge >= 0.3 is 0 Å². The molecule has 3 heterocycles. The molecule has 0 aliphatic heterocycles. The number of fused-ring (bicyclic) bond motifs is 1. The molecule has 4 rings (SSSR count). The van der Waals surface area contributed by atoms with Gasteiger partial charge in [0.25, 0.3) is 0 Å². The van der Waals surface area contributed by atoms with Gasteiger partial charge in [-0.05, 0) is 42.5 Å². The SMILES string of the molecule is Cc1cc(C)c2c(CC(=O)Nc3nnc(-c4cccs4)s3)noc2c1. The maximum absolute atomic E-state index is 12.3. The number of nitrogens with one attached hydrogen (secondary N) is 1. The first kappa shape index (κ1) is 15.9. The predicted molar refractivity (Wildman–Crippen MR) is 99.0 cm³/mol. The minimum atomic E-state index is -0.191. The van der Waals surface area contributed by atoms with Crippen LogP contribution in [0.5, 0.6) is 0 Å². The van der Waals surface area contributed by atoms with Gasteiger partial charge in [0.15, 0.2) is 10.6 Å². The highest BCUT2D eigenvalue weighted by molar-refractivity contribution is 7.23.